The Bertz CT molecular complexity index is 644. The highest BCUT2D eigenvalue weighted by atomic mass is 35.5. The number of benzene rings is 1. The molecule has 0 atom stereocenters. The Hall–Kier alpha value is -1.09. The quantitative estimate of drug-likeness (QED) is 0.920. The molecule has 0 amide bonds. The highest BCUT2D eigenvalue weighted by molar-refractivity contribution is 7.89. The fraction of sp³-hybridized carbons (Fsp3) is 0.533. The fourth-order valence-electron chi connectivity index (χ4n) is 2.77. The molecule has 6 heteroatoms. The van der Waals surface area contributed by atoms with Gasteiger partial charge >= 0.3 is 0 Å². The lowest BCUT2D eigenvalue weighted by Crippen LogP contribution is -2.49. The summed E-state index contributed by atoms with van der Waals surface area (Å²) in [5.74, 6) is 0.585. The standard InChI is InChI=1S/C15H19ClN2O2S/c1-2-12-6-8-15(11-17,9-7-12)18-21(19,20)14-5-3-4-13(16)10-14/h3-5,10,12,18H,2,6-9H2,1H3. The van der Waals surface area contributed by atoms with Gasteiger partial charge in [0.25, 0.3) is 0 Å². The summed E-state index contributed by atoms with van der Waals surface area (Å²) in [4.78, 5) is 0.0993. The lowest BCUT2D eigenvalue weighted by atomic mass is 9.77. The average molecular weight is 327 g/mol. The Morgan fingerprint density at radius 1 is 1.43 bits per heavy atom. The first-order valence-corrected chi connectivity index (χ1v) is 8.98. The van der Waals surface area contributed by atoms with Crippen molar-refractivity contribution in [1.29, 1.82) is 5.26 Å². The van der Waals surface area contributed by atoms with Crippen molar-refractivity contribution < 1.29 is 8.42 Å². The van der Waals surface area contributed by atoms with Crippen molar-refractivity contribution in [3.05, 3.63) is 29.3 Å². The maximum atomic E-state index is 12.4. The number of nitrogens with zero attached hydrogens (tertiary/aromatic N) is 1. The second kappa shape index (κ2) is 6.35. The summed E-state index contributed by atoms with van der Waals surface area (Å²) in [5, 5.41) is 9.82. The fourth-order valence-corrected chi connectivity index (χ4v) is 4.44. The molecular weight excluding hydrogens is 308 g/mol. The van der Waals surface area contributed by atoms with Crippen LogP contribution in [0.15, 0.2) is 29.2 Å². The maximum absolute atomic E-state index is 12.4. The van der Waals surface area contributed by atoms with Crippen molar-refractivity contribution in [2.45, 2.75) is 49.5 Å². The summed E-state index contributed by atoms with van der Waals surface area (Å²) in [6.45, 7) is 2.13. The second-order valence-corrected chi connectivity index (χ2v) is 7.73. The molecule has 2 rings (SSSR count). The number of hydrogen-bond donors (Lipinski definition) is 1. The van der Waals surface area contributed by atoms with Crippen LogP contribution in [0.3, 0.4) is 0 Å². The molecule has 1 aromatic rings. The van der Waals surface area contributed by atoms with Gasteiger partial charge in [-0.1, -0.05) is 31.0 Å². The van der Waals surface area contributed by atoms with E-state index in [-0.39, 0.29) is 4.90 Å². The van der Waals surface area contributed by atoms with Crippen LogP contribution in [0.1, 0.15) is 39.0 Å². The van der Waals surface area contributed by atoms with Crippen molar-refractivity contribution >= 4 is 21.6 Å². The third-order valence-corrected chi connectivity index (χ3v) is 5.96. The van der Waals surface area contributed by atoms with E-state index in [4.69, 9.17) is 11.6 Å². The van der Waals surface area contributed by atoms with Gasteiger partial charge in [-0.15, -0.1) is 0 Å². The first-order chi connectivity index (χ1) is 9.91. The van der Waals surface area contributed by atoms with Gasteiger partial charge in [0, 0.05) is 5.02 Å². The molecule has 0 aliphatic heterocycles. The molecule has 0 spiro atoms. The van der Waals surface area contributed by atoms with Crippen LogP contribution in [-0.4, -0.2) is 14.0 Å². The van der Waals surface area contributed by atoms with E-state index in [2.05, 4.69) is 17.7 Å². The van der Waals surface area contributed by atoms with Crippen LogP contribution < -0.4 is 4.72 Å². The largest absolute Gasteiger partial charge is 0.241 e. The Kier molecular flexibility index (Phi) is 4.92. The summed E-state index contributed by atoms with van der Waals surface area (Å²) in [7, 11) is -3.73. The van der Waals surface area contributed by atoms with Crippen LogP contribution >= 0.6 is 11.6 Å². The van der Waals surface area contributed by atoms with Crippen LogP contribution in [0.4, 0.5) is 0 Å². The molecule has 0 unspecified atom stereocenters. The molecular formula is C15H19ClN2O2S. The van der Waals surface area contributed by atoms with Gasteiger partial charge in [-0.25, -0.2) is 8.42 Å². The molecule has 4 nitrogen and oxygen atoms in total. The molecule has 1 aromatic carbocycles. The number of halogens is 1. The molecule has 0 heterocycles. The van der Waals surface area contributed by atoms with Gasteiger partial charge in [0.15, 0.2) is 0 Å². The van der Waals surface area contributed by atoms with E-state index in [0.717, 1.165) is 19.3 Å². The van der Waals surface area contributed by atoms with Gasteiger partial charge in [-0.3, -0.25) is 0 Å². The van der Waals surface area contributed by atoms with E-state index >= 15 is 0 Å². The highest BCUT2D eigenvalue weighted by Gasteiger charge is 2.38. The molecule has 1 saturated carbocycles. The molecule has 0 radical (unpaired) electrons. The molecule has 1 fully saturated rings. The summed E-state index contributed by atoms with van der Waals surface area (Å²) in [6.07, 6.45) is 3.94. The maximum Gasteiger partial charge on any atom is 0.241 e. The molecule has 21 heavy (non-hydrogen) atoms. The summed E-state index contributed by atoms with van der Waals surface area (Å²) >= 11 is 5.84. The van der Waals surface area contributed by atoms with Gasteiger partial charge in [-0.2, -0.15) is 9.98 Å². The van der Waals surface area contributed by atoms with E-state index in [1.165, 1.54) is 12.1 Å². The molecule has 1 aliphatic rings. The summed E-state index contributed by atoms with van der Waals surface area (Å²) < 4.78 is 27.5. The number of rotatable bonds is 4. The molecule has 0 bridgehead atoms. The van der Waals surface area contributed by atoms with E-state index in [1.54, 1.807) is 12.1 Å². The minimum atomic E-state index is -3.73. The third kappa shape index (κ3) is 3.76. The third-order valence-electron chi connectivity index (χ3n) is 4.19. The van der Waals surface area contributed by atoms with Gasteiger partial charge in [0.05, 0.1) is 11.0 Å². The van der Waals surface area contributed by atoms with Crippen LogP contribution in [0, 0.1) is 17.2 Å². The molecule has 1 N–H and O–H groups in total. The Labute approximate surface area is 131 Å². The molecule has 114 valence electrons. The Morgan fingerprint density at radius 3 is 2.62 bits per heavy atom. The Balaban J connectivity index is 2.21. The van der Waals surface area contributed by atoms with Crippen molar-refractivity contribution in [2.24, 2.45) is 5.92 Å². The van der Waals surface area contributed by atoms with Crippen molar-refractivity contribution in [3.8, 4) is 6.07 Å². The monoisotopic (exact) mass is 326 g/mol. The minimum absolute atomic E-state index is 0.0993. The van der Waals surface area contributed by atoms with E-state index in [9.17, 15) is 13.7 Å². The number of nitrogens with one attached hydrogen (secondary N) is 1. The normalized spacial score (nSPS) is 26.2. The van der Waals surface area contributed by atoms with Gasteiger partial charge < -0.3 is 0 Å². The average Bonchev–Trinajstić information content (AvgIpc) is 2.47. The van der Waals surface area contributed by atoms with Gasteiger partial charge in [0.1, 0.15) is 5.54 Å². The number of hydrogen-bond acceptors (Lipinski definition) is 3. The van der Waals surface area contributed by atoms with E-state index in [1.807, 2.05) is 0 Å². The lowest BCUT2D eigenvalue weighted by molar-refractivity contribution is 0.259. The second-order valence-electron chi connectivity index (χ2n) is 5.61. The zero-order valence-corrected chi connectivity index (χ0v) is 13.5. The smallest absolute Gasteiger partial charge is 0.207 e. The number of sulfonamides is 1. The summed E-state index contributed by atoms with van der Waals surface area (Å²) in [6, 6.07) is 8.26. The minimum Gasteiger partial charge on any atom is -0.207 e. The lowest BCUT2D eigenvalue weighted by Gasteiger charge is -2.34. The topological polar surface area (TPSA) is 70.0 Å². The van der Waals surface area contributed by atoms with Crippen LogP contribution in [0.5, 0.6) is 0 Å². The first-order valence-electron chi connectivity index (χ1n) is 7.11. The molecule has 0 aromatic heterocycles. The van der Waals surface area contributed by atoms with Crippen LogP contribution in [0.2, 0.25) is 5.02 Å². The van der Waals surface area contributed by atoms with Gasteiger partial charge in [-0.05, 0) is 49.8 Å². The zero-order valence-electron chi connectivity index (χ0n) is 12.0. The molecule has 0 saturated heterocycles. The SMILES string of the molecule is CCC1CCC(C#N)(NS(=O)(=O)c2cccc(Cl)c2)CC1. The molecule has 1 aliphatic carbocycles. The van der Waals surface area contributed by atoms with Crippen molar-refractivity contribution in [3.63, 3.8) is 0 Å². The predicted octanol–water partition coefficient (Wildman–Crippen LogP) is 3.48. The number of nitriles is 1. The van der Waals surface area contributed by atoms with Crippen LogP contribution in [0.25, 0.3) is 0 Å². The van der Waals surface area contributed by atoms with E-state index in [0.29, 0.717) is 23.8 Å². The van der Waals surface area contributed by atoms with Crippen LogP contribution in [-0.2, 0) is 10.0 Å². The first kappa shape index (κ1) is 16.3. The predicted molar refractivity (Wildman–Crippen MR) is 82.4 cm³/mol. The van der Waals surface area contributed by atoms with Crippen molar-refractivity contribution in [2.75, 3.05) is 0 Å². The Morgan fingerprint density at radius 2 is 2.10 bits per heavy atom. The zero-order chi connectivity index (χ0) is 15.5. The van der Waals surface area contributed by atoms with Gasteiger partial charge in [0.2, 0.25) is 10.0 Å². The highest BCUT2D eigenvalue weighted by Crippen LogP contribution is 2.34. The van der Waals surface area contributed by atoms with Crippen molar-refractivity contribution in [1.82, 2.24) is 4.72 Å². The van der Waals surface area contributed by atoms with E-state index < -0.39 is 15.6 Å². The summed E-state index contributed by atoms with van der Waals surface area (Å²) in [5.41, 5.74) is -0.993.